The summed E-state index contributed by atoms with van der Waals surface area (Å²) < 4.78 is 2.13. The highest BCUT2D eigenvalue weighted by Crippen LogP contribution is 2.15. The van der Waals surface area contributed by atoms with E-state index < -0.39 is 0 Å². The predicted octanol–water partition coefficient (Wildman–Crippen LogP) is 2.64. The van der Waals surface area contributed by atoms with Crippen molar-refractivity contribution in [2.75, 3.05) is 13.6 Å². The third kappa shape index (κ3) is 3.63. The largest absolute Gasteiger partial charge is 0.319 e. The van der Waals surface area contributed by atoms with Crippen molar-refractivity contribution in [3.63, 3.8) is 0 Å². The summed E-state index contributed by atoms with van der Waals surface area (Å²) in [7, 11) is 2.00. The Labute approximate surface area is 99.2 Å². The Balaban J connectivity index is 2.57. The van der Waals surface area contributed by atoms with E-state index in [1.165, 1.54) is 5.69 Å². The van der Waals surface area contributed by atoms with Gasteiger partial charge in [-0.2, -0.15) is 5.10 Å². The molecule has 0 amide bonds. The molecule has 3 nitrogen and oxygen atoms in total. The van der Waals surface area contributed by atoms with Crippen LogP contribution in [0.1, 0.15) is 45.3 Å². The van der Waals surface area contributed by atoms with Crippen molar-refractivity contribution in [2.24, 2.45) is 5.92 Å². The third-order valence-electron chi connectivity index (χ3n) is 3.09. The molecular formula is C13H25N3. The third-order valence-corrected chi connectivity index (χ3v) is 3.09. The minimum Gasteiger partial charge on any atom is -0.319 e. The first-order valence-electron chi connectivity index (χ1n) is 6.39. The number of nitrogens with one attached hydrogen (secondary N) is 1. The molecule has 92 valence electrons. The van der Waals surface area contributed by atoms with Gasteiger partial charge in [-0.3, -0.25) is 4.68 Å². The van der Waals surface area contributed by atoms with Crippen molar-refractivity contribution in [3.05, 3.63) is 18.0 Å². The van der Waals surface area contributed by atoms with E-state index in [-0.39, 0.29) is 0 Å². The zero-order valence-corrected chi connectivity index (χ0v) is 11.0. The molecule has 3 heteroatoms. The summed E-state index contributed by atoms with van der Waals surface area (Å²) in [5.74, 6) is 0.648. The van der Waals surface area contributed by atoms with Crippen LogP contribution in [0.3, 0.4) is 0 Å². The van der Waals surface area contributed by atoms with Crippen molar-refractivity contribution in [3.8, 4) is 0 Å². The minimum atomic E-state index is 0.563. The summed E-state index contributed by atoms with van der Waals surface area (Å²) in [6.45, 7) is 7.75. The average molecular weight is 223 g/mol. The molecule has 1 unspecified atom stereocenters. The molecule has 16 heavy (non-hydrogen) atoms. The van der Waals surface area contributed by atoms with Gasteiger partial charge in [0.25, 0.3) is 0 Å². The molecule has 1 N–H and O–H groups in total. The Morgan fingerprint density at radius 3 is 2.62 bits per heavy atom. The van der Waals surface area contributed by atoms with Gasteiger partial charge in [0.05, 0.1) is 11.7 Å². The van der Waals surface area contributed by atoms with Crippen LogP contribution in [0.4, 0.5) is 0 Å². The van der Waals surface area contributed by atoms with Crippen LogP contribution < -0.4 is 5.32 Å². The predicted molar refractivity (Wildman–Crippen MR) is 68.6 cm³/mol. The van der Waals surface area contributed by atoms with Crippen LogP contribution >= 0.6 is 0 Å². The van der Waals surface area contributed by atoms with E-state index in [1.54, 1.807) is 0 Å². The van der Waals surface area contributed by atoms with Crippen LogP contribution in [0.25, 0.3) is 0 Å². The normalized spacial score (nSPS) is 13.3. The molecule has 0 spiro atoms. The number of hydrogen-bond donors (Lipinski definition) is 1. The van der Waals surface area contributed by atoms with Crippen LogP contribution in [-0.4, -0.2) is 23.4 Å². The van der Waals surface area contributed by atoms with Crippen LogP contribution in [0, 0.1) is 5.92 Å². The summed E-state index contributed by atoms with van der Waals surface area (Å²) >= 11 is 0. The fourth-order valence-electron chi connectivity index (χ4n) is 2.13. The van der Waals surface area contributed by atoms with Gasteiger partial charge in [-0.1, -0.05) is 20.8 Å². The maximum absolute atomic E-state index is 4.66. The lowest BCUT2D eigenvalue weighted by molar-refractivity contribution is 0.422. The second-order valence-electron chi connectivity index (χ2n) is 4.62. The number of hydrogen-bond acceptors (Lipinski definition) is 2. The fraction of sp³-hybridized carbons (Fsp3) is 0.769. The molecule has 0 fully saturated rings. The number of aromatic nitrogens is 2. The van der Waals surface area contributed by atoms with Crippen molar-refractivity contribution in [2.45, 2.75) is 46.1 Å². The molecule has 1 heterocycles. The van der Waals surface area contributed by atoms with Crippen LogP contribution in [-0.2, 0) is 6.42 Å². The highest BCUT2D eigenvalue weighted by atomic mass is 15.3. The standard InChI is InChI=1S/C13H25N3/c1-5-13(6-2)16-8-7-12(15-16)9-11(3)10-14-4/h7-8,11,13-14H,5-6,9-10H2,1-4H3. The van der Waals surface area contributed by atoms with Gasteiger partial charge in [-0.25, -0.2) is 0 Å². The highest BCUT2D eigenvalue weighted by molar-refractivity contribution is 5.01. The average Bonchev–Trinajstić information content (AvgIpc) is 2.68. The van der Waals surface area contributed by atoms with E-state index in [4.69, 9.17) is 0 Å². The van der Waals surface area contributed by atoms with E-state index in [0.29, 0.717) is 12.0 Å². The molecule has 1 aromatic heterocycles. The lowest BCUT2D eigenvalue weighted by atomic mass is 10.1. The lowest BCUT2D eigenvalue weighted by Gasteiger charge is -2.13. The van der Waals surface area contributed by atoms with E-state index in [0.717, 1.165) is 25.8 Å². The molecule has 1 rings (SSSR count). The van der Waals surface area contributed by atoms with Gasteiger partial charge in [-0.15, -0.1) is 0 Å². The molecule has 0 aliphatic rings. The van der Waals surface area contributed by atoms with Gasteiger partial charge in [-0.05, 0) is 44.8 Å². The summed E-state index contributed by atoms with van der Waals surface area (Å²) in [4.78, 5) is 0. The van der Waals surface area contributed by atoms with Gasteiger partial charge in [0.1, 0.15) is 0 Å². The Kier molecular flexibility index (Phi) is 5.53. The fourth-order valence-corrected chi connectivity index (χ4v) is 2.13. The molecule has 0 aromatic carbocycles. The molecule has 0 bridgehead atoms. The summed E-state index contributed by atoms with van der Waals surface area (Å²) in [6.07, 6.45) is 5.50. The molecule has 0 saturated carbocycles. The van der Waals surface area contributed by atoms with E-state index in [2.05, 4.69) is 48.1 Å². The Morgan fingerprint density at radius 1 is 1.38 bits per heavy atom. The molecular weight excluding hydrogens is 198 g/mol. The van der Waals surface area contributed by atoms with Crippen molar-refractivity contribution < 1.29 is 0 Å². The minimum absolute atomic E-state index is 0.563. The Morgan fingerprint density at radius 2 is 2.06 bits per heavy atom. The molecule has 0 aliphatic heterocycles. The van der Waals surface area contributed by atoms with Crippen molar-refractivity contribution >= 4 is 0 Å². The molecule has 1 atom stereocenters. The van der Waals surface area contributed by atoms with Gasteiger partial charge >= 0.3 is 0 Å². The summed E-state index contributed by atoms with van der Waals surface area (Å²) in [5, 5.41) is 7.87. The molecule has 0 radical (unpaired) electrons. The first-order valence-corrected chi connectivity index (χ1v) is 6.39. The quantitative estimate of drug-likeness (QED) is 0.770. The van der Waals surface area contributed by atoms with Gasteiger partial charge in [0.15, 0.2) is 0 Å². The maximum Gasteiger partial charge on any atom is 0.0627 e. The van der Waals surface area contributed by atoms with Crippen molar-refractivity contribution in [1.29, 1.82) is 0 Å². The molecule has 0 aliphatic carbocycles. The van der Waals surface area contributed by atoms with E-state index >= 15 is 0 Å². The Bertz CT molecular complexity index is 289. The van der Waals surface area contributed by atoms with E-state index in [9.17, 15) is 0 Å². The van der Waals surface area contributed by atoms with Gasteiger partial charge in [0.2, 0.25) is 0 Å². The Hall–Kier alpha value is -0.830. The summed E-state index contributed by atoms with van der Waals surface area (Å²) in [6, 6.07) is 2.72. The zero-order chi connectivity index (χ0) is 12.0. The van der Waals surface area contributed by atoms with Crippen LogP contribution in [0.2, 0.25) is 0 Å². The zero-order valence-electron chi connectivity index (χ0n) is 11.0. The maximum atomic E-state index is 4.66. The molecule has 0 saturated heterocycles. The topological polar surface area (TPSA) is 29.9 Å². The van der Waals surface area contributed by atoms with Gasteiger partial charge in [0, 0.05) is 6.20 Å². The monoisotopic (exact) mass is 223 g/mol. The first kappa shape index (κ1) is 13.2. The number of rotatable bonds is 7. The highest BCUT2D eigenvalue weighted by Gasteiger charge is 2.09. The second-order valence-corrected chi connectivity index (χ2v) is 4.62. The molecule has 1 aromatic rings. The second kappa shape index (κ2) is 6.69. The van der Waals surface area contributed by atoms with Crippen LogP contribution in [0.5, 0.6) is 0 Å². The van der Waals surface area contributed by atoms with Crippen molar-refractivity contribution in [1.82, 2.24) is 15.1 Å². The first-order chi connectivity index (χ1) is 7.71. The van der Waals surface area contributed by atoms with Gasteiger partial charge < -0.3 is 5.32 Å². The summed E-state index contributed by atoms with van der Waals surface area (Å²) in [5.41, 5.74) is 1.22. The SMILES string of the molecule is CCC(CC)n1ccc(CC(C)CNC)n1. The van der Waals surface area contributed by atoms with E-state index in [1.807, 2.05) is 7.05 Å². The van der Waals surface area contributed by atoms with Crippen LogP contribution in [0.15, 0.2) is 12.3 Å². The smallest absolute Gasteiger partial charge is 0.0627 e. The number of nitrogens with zero attached hydrogens (tertiary/aromatic N) is 2. The lowest BCUT2D eigenvalue weighted by Crippen LogP contribution is -2.18.